The Bertz CT molecular complexity index is 642. The van der Waals surface area contributed by atoms with Crippen LogP contribution in [-0.4, -0.2) is 24.3 Å². The van der Waals surface area contributed by atoms with E-state index in [0.717, 1.165) is 15.6 Å². The van der Waals surface area contributed by atoms with Crippen molar-refractivity contribution in [2.75, 3.05) is 12.0 Å². The van der Waals surface area contributed by atoms with Crippen molar-refractivity contribution in [3.05, 3.63) is 27.7 Å². The summed E-state index contributed by atoms with van der Waals surface area (Å²) in [6, 6.07) is 5.23. The lowest BCUT2D eigenvalue weighted by atomic mass is 10.1. The van der Waals surface area contributed by atoms with Crippen LogP contribution in [0.1, 0.15) is 18.1 Å². The molecule has 0 aromatic heterocycles. The fraction of sp³-hybridized carbons (Fsp3) is 0.286. The number of nitrogens with one attached hydrogen (secondary N) is 2. The van der Waals surface area contributed by atoms with E-state index in [1.165, 1.54) is 0 Å². The molecule has 2 amide bonds. The van der Waals surface area contributed by atoms with Crippen LogP contribution in [0.4, 0.5) is 10.5 Å². The molecule has 0 atom stereocenters. The first-order valence-electron chi connectivity index (χ1n) is 6.37. The molecule has 116 valence electrons. The maximum atomic E-state index is 11.7. The zero-order valence-electron chi connectivity index (χ0n) is 12.4. The normalized spacial score (nSPS) is 10.6. The molecular weight excluding hydrogens is 352 g/mol. The number of alkyl carbamates (subject to hydrolysis) is 1. The first-order valence-corrected chi connectivity index (χ1v) is 7.17. The van der Waals surface area contributed by atoms with Gasteiger partial charge in [0.1, 0.15) is 6.07 Å². The first-order chi connectivity index (χ1) is 10.4. The van der Waals surface area contributed by atoms with Crippen molar-refractivity contribution in [3.63, 3.8) is 0 Å². The molecule has 0 unspecified atom stereocenters. The Balaban J connectivity index is 2.84. The molecule has 0 aliphatic rings. The Morgan fingerprint density at radius 1 is 1.36 bits per heavy atom. The number of benzene rings is 1. The minimum Gasteiger partial charge on any atom is -0.450 e. The van der Waals surface area contributed by atoms with E-state index in [2.05, 4.69) is 31.2 Å². The van der Waals surface area contributed by atoms with Gasteiger partial charge in [-0.1, -0.05) is 15.9 Å². The molecule has 1 aromatic rings. The summed E-state index contributed by atoms with van der Waals surface area (Å²) in [7, 11) is 0. The predicted molar refractivity (Wildman–Crippen MR) is 85.5 cm³/mol. The number of aryl methyl sites for hydroxylation is 2. The van der Waals surface area contributed by atoms with Gasteiger partial charge in [-0.05, 0) is 44.0 Å². The van der Waals surface area contributed by atoms with E-state index in [1.54, 1.807) is 25.1 Å². The van der Waals surface area contributed by atoms with Gasteiger partial charge in [-0.3, -0.25) is 15.5 Å². The Labute approximate surface area is 136 Å². The summed E-state index contributed by atoms with van der Waals surface area (Å²) < 4.78 is 5.53. The number of amides is 2. The number of anilines is 1. The van der Waals surface area contributed by atoms with E-state index in [4.69, 9.17) is 5.26 Å². The van der Waals surface area contributed by atoms with Gasteiger partial charge in [0, 0.05) is 4.47 Å². The van der Waals surface area contributed by atoms with Gasteiger partial charge in [0.05, 0.1) is 12.3 Å². The third-order valence-electron chi connectivity index (χ3n) is 2.55. The first kappa shape index (κ1) is 17.7. The van der Waals surface area contributed by atoms with Crippen molar-refractivity contribution < 1.29 is 14.3 Å². The van der Waals surface area contributed by atoms with Crippen LogP contribution >= 0.6 is 15.9 Å². The lowest BCUT2D eigenvalue weighted by Gasteiger charge is -2.07. The van der Waals surface area contributed by atoms with Crippen LogP contribution in [0.5, 0.6) is 0 Å². The largest absolute Gasteiger partial charge is 0.450 e. The van der Waals surface area contributed by atoms with Crippen LogP contribution in [0.25, 0.3) is 0 Å². The van der Waals surface area contributed by atoms with E-state index in [-0.39, 0.29) is 6.61 Å². The van der Waals surface area contributed by atoms with E-state index in [9.17, 15) is 9.59 Å². The van der Waals surface area contributed by atoms with E-state index >= 15 is 0 Å². The number of hydrazone groups is 1. The average molecular weight is 367 g/mol. The van der Waals surface area contributed by atoms with Crippen molar-refractivity contribution in [2.24, 2.45) is 5.10 Å². The number of rotatable bonds is 4. The summed E-state index contributed by atoms with van der Waals surface area (Å²) in [4.78, 5) is 22.8. The topological polar surface area (TPSA) is 104 Å². The minimum absolute atomic E-state index is 0.119. The fourth-order valence-electron chi connectivity index (χ4n) is 1.58. The van der Waals surface area contributed by atoms with Crippen molar-refractivity contribution >= 4 is 39.3 Å². The number of halogens is 1. The van der Waals surface area contributed by atoms with E-state index in [1.807, 2.05) is 19.2 Å². The molecule has 1 rings (SSSR count). The van der Waals surface area contributed by atoms with Crippen LogP contribution in [0, 0.1) is 25.2 Å². The monoisotopic (exact) mass is 366 g/mol. The zero-order chi connectivity index (χ0) is 16.7. The standard InChI is InChI=1S/C14H15BrN4O3/c1-4-22-14(21)17-13(20)11(7-16)19-18-10-5-8(2)12(15)9(3)6-10/h5-6,18H,4H2,1-3H3,(H,17,20,21). The molecule has 2 N–H and O–H groups in total. The molecule has 0 bridgehead atoms. The highest BCUT2D eigenvalue weighted by Gasteiger charge is 2.15. The van der Waals surface area contributed by atoms with Crippen LogP contribution in [0.15, 0.2) is 21.7 Å². The number of ether oxygens (including phenoxy) is 1. The molecular formula is C14H15BrN4O3. The van der Waals surface area contributed by atoms with Gasteiger partial charge < -0.3 is 4.74 Å². The molecule has 0 radical (unpaired) electrons. The molecule has 0 heterocycles. The van der Waals surface area contributed by atoms with Crippen molar-refractivity contribution in [3.8, 4) is 6.07 Å². The highest BCUT2D eigenvalue weighted by Crippen LogP contribution is 2.24. The highest BCUT2D eigenvalue weighted by atomic mass is 79.9. The quantitative estimate of drug-likeness (QED) is 0.629. The van der Waals surface area contributed by atoms with Gasteiger partial charge in [-0.25, -0.2) is 4.79 Å². The maximum absolute atomic E-state index is 11.7. The second-order valence-corrected chi connectivity index (χ2v) is 5.08. The molecule has 0 aliphatic carbocycles. The van der Waals surface area contributed by atoms with E-state index < -0.39 is 17.7 Å². The minimum atomic E-state index is -0.931. The SMILES string of the molecule is CCOC(=O)NC(=O)C(C#N)=NNc1cc(C)c(Br)c(C)c1. The van der Waals surface area contributed by atoms with Crippen molar-refractivity contribution in [2.45, 2.75) is 20.8 Å². The van der Waals surface area contributed by atoms with Gasteiger partial charge in [0.25, 0.3) is 5.91 Å². The molecule has 8 heteroatoms. The molecule has 1 aromatic carbocycles. The second kappa shape index (κ2) is 8.14. The maximum Gasteiger partial charge on any atom is 0.414 e. The average Bonchev–Trinajstić information content (AvgIpc) is 2.45. The zero-order valence-corrected chi connectivity index (χ0v) is 13.9. The molecule has 0 saturated heterocycles. The number of hydrogen-bond donors (Lipinski definition) is 2. The molecule has 0 fully saturated rings. The van der Waals surface area contributed by atoms with Gasteiger partial charge in [-0.15, -0.1) is 0 Å². The third kappa shape index (κ3) is 4.86. The Kier molecular flexibility index (Phi) is 6.53. The number of carbonyl (C=O) groups excluding carboxylic acids is 2. The number of nitrogens with zero attached hydrogens (tertiary/aromatic N) is 2. The van der Waals surface area contributed by atoms with Crippen LogP contribution in [0.3, 0.4) is 0 Å². The molecule has 7 nitrogen and oxygen atoms in total. The predicted octanol–water partition coefficient (Wildman–Crippen LogP) is 2.63. The van der Waals surface area contributed by atoms with Crippen LogP contribution in [0.2, 0.25) is 0 Å². The number of imide groups is 1. The fourth-order valence-corrected chi connectivity index (χ4v) is 1.81. The molecule has 22 heavy (non-hydrogen) atoms. The second-order valence-electron chi connectivity index (χ2n) is 4.28. The third-order valence-corrected chi connectivity index (χ3v) is 3.80. The van der Waals surface area contributed by atoms with Crippen LogP contribution < -0.4 is 10.7 Å². The van der Waals surface area contributed by atoms with Crippen molar-refractivity contribution in [1.29, 1.82) is 5.26 Å². The summed E-state index contributed by atoms with van der Waals surface area (Å²) in [5.74, 6) is -0.931. The van der Waals surface area contributed by atoms with Crippen molar-refractivity contribution in [1.82, 2.24) is 5.32 Å². The van der Waals surface area contributed by atoms with E-state index in [0.29, 0.717) is 5.69 Å². The van der Waals surface area contributed by atoms with Gasteiger partial charge in [-0.2, -0.15) is 10.4 Å². The van der Waals surface area contributed by atoms with Crippen LogP contribution in [-0.2, 0) is 9.53 Å². The Morgan fingerprint density at radius 2 is 1.95 bits per heavy atom. The lowest BCUT2D eigenvalue weighted by molar-refractivity contribution is -0.114. The smallest absolute Gasteiger partial charge is 0.414 e. The summed E-state index contributed by atoms with van der Waals surface area (Å²) in [6.07, 6.45) is -0.925. The highest BCUT2D eigenvalue weighted by molar-refractivity contribution is 9.10. The Morgan fingerprint density at radius 3 is 2.45 bits per heavy atom. The Hall–Kier alpha value is -2.40. The summed E-state index contributed by atoms with van der Waals surface area (Å²) in [5, 5.41) is 14.5. The lowest BCUT2D eigenvalue weighted by Crippen LogP contribution is -2.36. The molecule has 0 saturated carbocycles. The molecule has 0 spiro atoms. The summed E-state index contributed by atoms with van der Waals surface area (Å²) in [6.45, 7) is 5.53. The van der Waals surface area contributed by atoms with Gasteiger partial charge in [0.2, 0.25) is 5.71 Å². The van der Waals surface area contributed by atoms with Gasteiger partial charge >= 0.3 is 6.09 Å². The molecule has 0 aliphatic heterocycles. The number of carbonyl (C=O) groups is 2. The number of nitriles is 1. The number of hydrogen-bond acceptors (Lipinski definition) is 6. The van der Waals surface area contributed by atoms with Gasteiger partial charge in [0.15, 0.2) is 0 Å². The summed E-state index contributed by atoms with van der Waals surface area (Å²) >= 11 is 3.44. The summed E-state index contributed by atoms with van der Waals surface area (Å²) in [5.41, 5.74) is 4.72.